The number of ether oxygens (including phenoxy) is 2. The van der Waals surface area contributed by atoms with Crippen LogP contribution in [0.2, 0.25) is 0 Å². The van der Waals surface area contributed by atoms with Crippen LogP contribution in [0.1, 0.15) is 11.1 Å². The molecule has 152 valence electrons. The summed E-state index contributed by atoms with van der Waals surface area (Å²) in [6, 6.07) is 16.8. The lowest BCUT2D eigenvalue weighted by atomic mass is 10.1. The summed E-state index contributed by atoms with van der Waals surface area (Å²) >= 11 is 0. The third-order valence-electron chi connectivity index (χ3n) is 4.57. The number of hydrogen-bond donors (Lipinski definition) is 5. The van der Waals surface area contributed by atoms with E-state index in [9.17, 15) is 10.2 Å². The van der Waals surface area contributed by atoms with Crippen LogP contribution in [0.5, 0.6) is 0 Å². The zero-order chi connectivity index (χ0) is 20.0. The summed E-state index contributed by atoms with van der Waals surface area (Å²) in [5.41, 5.74) is 13.0. The van der Waals surface area contributed by atoms with Gasteiger partial charge in [0.05, 0.1) is 6.61 Å². The Morgan fingerprint density at radius 3 is 2.00 bits per heavy atom. The lowest BCUT2D eigenvalue weighted by molar-refractivity contribution is -0.894. The van der Waals surface area contributed by atoms with E-state index in [-0.39, 0.29) is 12.1 Å². The zero-order valence-electron chi connectivity index (χ0n) is 15.7. The van der Waals surface area contributed by atoms with E-state index in [4.69, 9.17) is 20.9 Å². The van der Waals surface area contributed by atoms with Gasteiger partial charge in [-0.15, -0.1) is 0 Å². The Hall–Kier alpha value is -1.88. The smallest absolute Gasteiger partial charge is 0.287 e. The first-order valence-electron chi connectivity index (χ1n) is 9.31. The number of nitrogens with one attached hydrogen (secondary N) is 1. The Kier molecular flexibility index (Phi) is 6.76. The second-order valence-corrected chi connectivity index (χ2v) is 7.19. The normalized spacial score (nSPS) is 32.0. The third kappa shape index (κ3) is 6.62. The summed E-state index contributed by atoms with van der Waals surface area (Å²) in [5.74, 6) is 0. The second-order valence-electron chi connectivity index (χ2n) is 7.19. The molecule has 8 nitrogen and oxygen atoms in total. The Labute approximate surface area is 164 Å². The summed E-state index contributed by atoms with van der Waals surface area (Å²) in [6.07, 6.45) is 1.63. The molecule has 0 aliphatic carbocycles. The van der Waals surface area contributed by atoms with Gasteiger partial charge in [-0.3, -0.25) is 11.5 Å². The molecule has 4 unspecified atom stereocenters. The maximum Gasteiger partial charge on any atom is 0.287 e. The topological polar surface area (TPSA) is 142 Å². The molecule has 2 aromatic carbocycles. The number of nitrogens with two attached hydrogens (primary N) is 3. The average molecular weight is 388 g/mol. The highest BCUT2D eigenvalue weighted by Gasteiger charge is 2.33. The van der Waals surface area contributed by atoms with Crippen molar-refractivity contribution in [2.45, 2.75) is 37.0 Å². The van der Waals surface area contributed by atoms with Crippen LogP contribution < -0.4 is 27.2 Å². The molecule has 28 heavy (non-hydrogen) atoms. The van der Waals surface area contributed by atoms with E-state index in [0.717, 1.165) is 12.8 Å². The molecule has 2 aliphatic heterocycles. The molecule has 0 saturated carbocycles. The number of quaternary nitrogens is 1. The lowest BCUT2D eigenvalue weighted by Crippen LogP contribution is -3.05. The number of hydrogen-bond acceptors (Lipinski definition) is 7. The van der Waals surface area contributed by atoms with Gasteiger partial charge in [0, 0.05) is 12.5 Å². The van der Waals surface area contributed by atoms with Crippen LogP contribution in [-0.2, 0) is 22.3 Å². The van der Waals surface area contributed by atoms with E-state index in [0.29, 0.717) is 13.2 Å². The van der Waals surface area contributed by atoms with Gasteiger partial charge in [-0.05, 0) is 17.5 Å². The van der Waals surface area contributed by atoms with Crippen molar-refractivity contribution >= 4 is 0 Å². The van der Waals surface area contributed by atoms with Crippen LogP contribution in [0.15, 0.2) is 60.7 Å². The predicted octanol–water partition coefficient (Wildman–Crippen LogP) is -2.10. The molecule has 2 saturated heterocycles. The van der Waals surface area contributed by atoms with Crippen molar-refractivity contribution in [2.75, 3.05) is 13.2 Å². The Bertz CT molecular complexity index is 664. The van der Waals surface area contributed by atoms with E-state index >= 15 is 0 Å². The monoisotopic (exact) mass is 388 g/mol. The van der Waals surface area contributed by atoms with Gasteiger partial charge in [-0.25, -0.2) is 5.32 Å². The minimum absolute atomic E-state index is 0.0763. The molecule has 2 aromatic rings. The molecule has 0 spiro atoms. The molecule has 4 rings (SSSR count). The summed E-state index contributed by atoms with van der Waals surface area (Å²) in [4.78, 5) is 0. The van der Waals surface area contributed by atoms with Gasteiger partial charge in [0.25, 0.3) is 6.03 Å². The van der Waals surface area contributed by atoms with E-state index in [1.54, 1.807) is 5.32 Å². The van der Waals surface area contributed by atoms with Gasteiger partial charge in [0.1, 0.15) is 12.6 Å². The summed E-state index contributed by atoms with van der Waals surface area (Å²) < 4.78 is 9.84. The molecule has 2 fully saturated rings. The molecule has 0 aromatic heterocycles. The van der Waals surface area contributed by atoms with Gasteiger partial charge < -0.3 is 25.0 Å². The minimum Gasteiger partial charge on any atom is -0.766 e. The van der Waals surface area contributed by atoms with Crippen molar-refractivity contribution in [3.63, 3.8) is 0 Å². The van der Waals surface area contributed by atoms with Gasteiger partial charge >= 0.3 is 0 Å². The summed E-state index contributed by atoms with van der Waals surface area (Å²) in [5, 5.41) is 24.8. The molecule has 0 bridgehead atoms. The predicted molar refractivity (Wildman–Crippen MR) is 101 cm³/mol. The van der Waals surface area contributed by atoms with Crippen LogP contribution >= 0.6 is 0 Å². The van der Waals surface area contributed by atoms with Gasteiger partial charge in [0.2, 0.25) is 6.03 Å². The van der Waals surface area contributed by atoms with E-state index in [1.807, 2.05) is 60.7 Å². The van der Waals surface area contributed by atoms with Gasteiger partial charge in [-0.1, -0.05) is 60.7 Å². The molecule has 2 aliphatic rings. The molecule has 8 heteroatoms. The van der Waals surface area contributed by atoms with Crippen LogP contribution in [0, 0.1) is 0 Å². The maximum atomic E-state index is 11.2. The van der Waals surface area contributed by atoms with Crippen LogP contribution in [0.3, 0.4) is 0 Å². The van der Waals surface area contributed by atoms with Crippen LogP contribution in [-0.4, -0.2) is 42.5 Å². The highest BCUT2D eigenvalue weighted by molar-refractivity contribution is 5.16. The van der Waals surface area contributed by atoms with Gasteiger partial charge in [0.15, 0.2) is 0 Å². The Balaban J connectivity index is 0.000000161. The number of benzene rings is 2. The third-order valence-corrected chi connectivity index (χ3v) is 4.57. The lowest BCUT2D eigenvalue weighted by Gasteiger charge is -2.24. The zero-order valence-corrected chi connectivity index (χ0v) is 15.7. The standard InChI is InChI=1S/C10H14N2O2.C10H13N2O2/c2*11-10(13)12-9(7-14-10)6-8-4-2-1-3-5-8/h1-5,9,12-13H,6-7,11H2;1-5,9,12H,6-7,11H2/q;-1/p+1. The van der Waals surface area contributed by atoms with Crippen molar-refractivity contribution < 1.29 is 25.0 Å². The summed E-state index contributed by atoms with van der Waals surface area (Å²) in [7, 11) is 0. The first kappa shape index (κ1) is 20.8. The van der Waals surface area contributed by atoms with E-state index < -0.39 is 12.1 Å². The maximum absolute atomic E-state index is 11.2. The molecular weight excluding hydrogens is 360 g/mol. The van der Waals surface area contributed by atoms with Crippen molar-refractivity contribution in [2.24, 2.45) is 11.5 Å². The highest BCUT2D eigenvalue weighted by Crippen LogP contribution is 2.12. The summed E-state index contributed by atoms with van der Waals surface area (Å²) in [6.45, 7) is 0.858. The second kappa shape index (κ2) is 9.08. The van der Waals surface area contributed by atoms with Crippen molar-refractivity contribution in [3.05, 3.63) is 71.8 Å². The largest absolute Gasteiger partial charge is 0.766 e. The highest BCUT2D eigenvalue weighted by atomic mass is 16.7. The molecule has 4 atom stereocenters. The fourth-order valence-corrected chi connectivity index (χ4v) is 3.31. The fourth-order valence-electron chi connectivity index (χ4n) is 3.31. The van der Waals surface area contributed by atoms with Crippen molar-refractivity contribution in [1.82, 2.24) is 5.32 Å². The molecule has 0 radical (unpaired) electrons. The molecule has 0 amide bonds. The molecule has 2 heterocycles. The van der Waals surface area contributed by atoms with Crippen LogP contribution in [0.4, 0.5) is 0 Å². The first-order chi connectivity index (χ1) is 13.3. The van der Waals surface area contributed by atoms with Crippen molar-refractivity contribution in [1.29, 1.82) is 0 Å². The molecule has 8 N–H and O–H groups in total. The average Bonchev–Trinajstić information content (AvgIpc) is 3.18. The van der Waals surface area contributed by atoms with Gasteiger partial charge in [-0.2, -0.15) is 0 Å². The fraction of sp³-hybridized carbons (Fsp3) is 0.400. The molecular formula is C20H28N4O4. The Morgan fingerprint density at radius 2 is 1.54 bits per heavy atom. The SMILES string of the molecule is NC1(O)NC(Cc2ccccc2)CO1.NC1([O-])[NH2+]C(Cc2ccccc2)CO1. The van der Waals surface area contributed by atoms with E-state index in [1.165, 1.54) is 11.1 Å². The number of aliphatic hydroxyl groups is 1. The first-order valence-corrected chi connectivity index (χ1v) is 9.31. The van der Waals surface area contributed by atoms with E-state index in [2.05, 4.69) is 5.32 Å². The quantitative estimate of drug-likeness (QED) is 0.378. The Morgan fingerprint density at radius 1 is 0.964 bits per heavy atom. The number of rotatable bonds is 4. The van der Waals surface area contributed by atoms with Crippen LogP contribution in [0.25, 0.3) is 0 Å². The minimum atomic E-state index is -1.78. The van der Waals surface area contributed by atoms with Crippen molar-refractivity contribution in [3.8, 4) is 0 Å².